The fraction of sp³-hybridized carbons (Fsp3) is 0.250. The zero-order valence-electron chi connectivity index (χ0n) is 16.2. The van der Waals surface area contributed by atoms with Crippen LogP contribution in [0.4, 0.5) is 10.4 Å². The Hall–Kier alpha value is -2.82. The summed E-state index contributed by atoms with van der Waals surface area (Å²) in [5.41, 5.74) is 0.380. The van der Waals surface area contributed by atoms with Crippen molar-refractivity contribution in [3.63, 3.8) is 0 Å². The summed E-state index contributed by atoms with van der Waals surface area (Å²) in [6, 6.07) is 11.4. The van der Waals surface area contributed by atoms with Gasteiger partial charge in [-0.25, -0.2) is 12.8 Å². The minimum absolute atomic E-state index is 0.0294. The molecule has 1 aliphatic rings. The van der Waals surface area contributed by atoms with Crippen molar-refractivity contribution < 1.29 is 22.0 Å². The average Bonchev–Trinajstić information content (AvgIpc) is 3.23. The average molecular weight is 465 g/mol. The fourth-order valence-electron chi connectivity index (χ4n) is 3.35. The van der Waals surface area contributed by atoms with E-state index in [0.29, 0.717) is 30.0 Å². The first kappa shape index (κ1) is 21.4. The number of piperidine rings is 1. The van der Waals surface area contributed by atoms with E-state index in [1.54, 1.807) is 6.07 Å². The van der Waals surface area contributed by atoms with Crippen LogP contribution in [0.1, 0.15) is 12.8 Å². The van der Waals surface area contributed by atoms with Crippen molar-refractivity contribution in [3.05, 3.63) is 59.4 Å². The van der Waals surface area contributed by atoms with Gasteiger partial charge in [0.15, 0.2) is 0 Å². The zero-order valence-corrected chi connectivity index (χ0v) is 17.7. The number of sulfonamides is 1. The number of hydrogen-bond donors (Lipinski definition) is 1. The van der Waals surface area contributed by atoms with Crippen LogP contribution in [0.2, 0.25) is 5.02 Å². The van der Waals surface area contributed by atoms with E-state index in [1.165, 1.54) is 46.8 Å². The lowest BCUT2D eigenvalue weighted by Crippen LogP contribution is -2.43. The van der Waals surface area contributed by atoms with Crippen molar-refractivity contribution in [3.8, 4) is 11.5 Å². The van der Waals surface area contributed by atoms with Crippen molar-refractivity contribution in [2.24, 2.45) is 5.92 Å². The zero-order chi connectivity index (χ0) is 22.0. The Bertz CT molecular complexity index is 1200. The van der Waals surface area contributed by atoms with E-state index in [1.807, 2.05) is 0 Å². The van der Waals surface area contributed by atoms with Gasteiger partial charge in [-0.15, -0.1) is 5.10 Å². The van der Waals surface area contributed by atoms with Crippen LogP contribution in [0, 0.1) is 11.7 Å². The number of nitrogens with zero attached hydrogens (tertiary/aromatic N) is 3. The summed E-state index contributed by atoms with van der Waals surface area (Å²) >= 11 is 5.84. The number of aromatic nitrogens is 2. The number of hydrogen-bond acceptors (Lipinski definition) is 6. The molecule has 2 aromatic carbocycles. The van der Waals surface area contributed by atoms with Gasteiger partial charge in [-0.2, -0.15) is 4.31 Å². The number of carbonyl (C=O) groups excluding carboxylic acids is 1. The number of benzene rings is 2. The van der Waals surface area contributed by atoms with Crippen LogP contribution >= 0.6 is 11.6 Å². The predicted molar refractivity (Wildman–Crippen MR) is 111 cm³/mol. The fourth-order valence-corrected chi connectivity index (χ4v) is 5.00. The number of halogens is 2. The quantitative estimate of drug-likeness (QED) is 0.618. The highest BCUT2D eigenvalue weighted by atomic mass is 35.5. The van der Waals surface area contributed by atoms with Crippen molar-refractivity contribution in [1.82, 2.24) is 14.5 Å². The molecule has 0 radical (unpaired) electrons. The molecule has 4 rings (SSSR count). The molecular formula is C20H18ClFN4O4S. The molecule has 2 heterocycles. The van der Waals surface area contributed by atoms with E-state index in [9.17, 15) is 17.6 Å². The summed E-state index contributed by atoms with van der Waals surface area (Å²) in [5.74, 6) is -1.40. The number of anilines is 1. The predicted octanol–water partition coefficient (Wildman–Crippen LogP) is 3.57. The van der Waals surface area contributed by atoms with E-state index in [2.05, 4.69) is 15.5 Å². The molecule has 1 amide bonds. The second-order valence-electron chi connectivity index (χ2n) is 7.07. The first-order valence-corrected chi connectivity index (χ1v) is 11.3. The van der Waals surface area contributed by atoms with E-state index in [4.69, 9.17) is 16.0 Å². The highest BCUT2D eigenvalue weighted by Crippen LogP contribution is 2.26. The summed E-state index contributed by atoms with van der Waals surface area (Å²) in [5, 5.41) is 10.5. The monoisotopic (exact) mass is 464 g/mol. The number of carbonyl (C=O) groups is 1. The summed E-state index contributed by atoms with van der Waals surface area (Å²) in [7, 11) is -3.75. The molecule has 1 unspecified atom stereocenters. The molecule has 162 valence electrons. The molecule has 1 atom stereocenters. The molecule has 8 nitrogen and oxygen atoms in total. The molecule has 1 aliphatic heterocycles. The topological polar surface area (TPSA) is 105 Å². The van der Waals surface area contributed by atoms with Gasteiger partial charge in [0.2, 0.25) is 21.8 Å². The molecule has 0 spiro atoms. The van der Waals surface area contributed by atoms with Gasteiger partial charge in [0.1, 0.15) is 5.82 Å². The Morgan fingerprint density at radius 3 is 2.71 bits per heavy atom. The van der Waals surface area contributed by atoms with Gasteiger partial charge >= 0.3 is 6.01 Å². The smallest absolute Gasteiger partial charge is 0.322 e. The Morgan fingerprint density at radius 1 is 1.19 bits per heavy atom. The minimum Gasteiger partial charge on any atom is -0.403 e. The number of rotatable bonds is 5. The van der Waals surface area contributed by atoms with Gasteiger partial charge in [0, 0.05) is 23.7 Å². The summed E-state index contributed by atoms with van der Waals surface area (Å²) in [4.78, 5) is 12.8. The van der Waals surface area contributed by atoms with Gasteiger partial charge in [-0.1, -0.05) is 22.8 Å². The normalized spacial score (nSPS) is 17.4. The van der Waals surface area contributed by atoms with Gasteiger partial charge < -0.3 is 4.42 Å². The SMILES string of the molecule is O=C(Nc1nnc(-c2cccc(F)c2)o1)C1CCCN(S(=O)(=O)c2ccc(Cl)cc2)C1. The van der Waals surface area contributed by atoms with Crippen molar-refractivity contribution >= 4 is 33.5 Å². The Kier molecular flexibility index (Phi) is 6.03. The second-order valence-corrected chi connectivity index (χ2v) is 9.44. The molecule has 0 aliphatic carbocycles. The van der Waals surface area contributed by atoms with Crippen molar-refractivity contribution in [1.29, 1.82) is 0 Å². The first-order valence-electron chi connectivity index (χ1n) is 9.49. The molecule has 0 bridgehead atoms. The molecule has 3 aromatic rings. The largest absolute Gasteiger partial charge is 0.403 e. The second kappa shape index (κ2) is 8.74. The maximum absolute atomic E-state index is 13.4. The molecule has 0 saturated carbocycles. The van der Waals surface area contributed by atoms with Crippen LogP contribution in [0.25, 0.3) is 11.5 Å². The van der Waals surface area contributed by atoms with Crippen LogP contribution in [0.15, 0.2) is 57.8 Å². The van der Waals surface area contributed by atoms with Crippen LogP contribution in [-0.2, 0) is 14.8 Å². The maximum atomic E-state index is 13.4. The molecule has 31 heavy (non-hydrogen) atoms. The lowest BCUT2D eigenvalue weighted by atomic mass is 9.99. The molecule has 1 saturated heterocycles. The first-order chi connectivity index (χ1) is 14.8. The van der Waals surface area contributed by atoms with Crippen LogP contribution in [0.5, 0.6) is 0 Å². The molecule has 11 heteroatoms. The van der Waals surface area contributed by atoms with E-state index in [-0.39, 0.29) is 23.3 Å². The van der Waals surface area contributed by atoms with E-state index in [0.717, 1.165) is 0 Å². The Labute approximate surface area is 183 Å². The molecule has 1 fully saturated rings. The van der Waals surface area contributed by atoms with Crippen LogP contribution < -0.4 is 5.32 Å². The standard InChI is InChI=1S/C20H18ClFN4O4S/c21-15-6-8-17(9-7-15)31(28,29)26-10-2-4-14(12-26)18(27)23-20-25-24-19(30-20)13-3-1-5-16(22)11-13/h1,3,5-9,11,14H,2,4,10,12H2,(H,23,25,27). The lowest BCUT2D eigenvalue weighted by Gasteiger charge is -2.30. The highest BCUT2D eigenvalue weighted by molar-refractivity contribution is 7.89. The number of nitrogens with one attached hydrogen (secondary N) is 1. The van der Waals surface area contributed by atoms with E-state index >= 15 is 0 Å². The van der Waals surface area contributed by atoms with Gasteiger partial charge in [-0.3, -0.25) is 10.1 Å². The van der Waals surface area contributed by atoms with Gasteiger partial charge in [-0.05, 0) is 55.3 Å². The highest BCUT2D eigenvalue weighted by Gasteiger charge is 2.33. The molecule has 1 aromatic heterocycles. The molecular weight excluding hydrogens is 447 g/mol. The summed E-state index contributed by atoms with van der Waals surface area (Å²) < 4.78 is 45.8. The Balaban J connectivity index is 1.44. The third kappa shape index (κ3) is 4.76. The van der Waals surface area contributed by atoms with Crippen LogP contribution in [-0.4, -0.2) is 41.9 Å². The maximum Gasteiger partial charge on any atom is 0.322 e. The minimum atomic E-state index is -3.75. The van der Waals surface area contributed by atoms with Crippen molar-refractivity contribution in [2.45, 2.75) is 17.7 Å². The molecule has 1 N–H and O–H groups in total. The number of amides is 1. The summed E-state index contributed by atoms with van der Waals surface area (Å²) in [6.45, 7) is 0.348. The Morgan fingerprint density at radius 2 is 1.97 bits per heavy atom. The van der Waals surface area contributed by atoms with Gasteiger partial charge in [0.05, 0.1) is 10.8 Å². The lowest BCUT2D eigenvalue weighted by molar-refractivity contribution is -0.121. The van der Waals surface area contributed by atoms with Gasteiger partial charge in [0.25, 0.3) is 0 Å². The third-order valence-electron chi connectivity index (χ3n) is 4.93. The van der Waals surface area contributed by atoms with Crippen LogP contribution in [0.3, 0.4) is 0 Å². The summed E-state index contributed by atoms with van der Waals surface area (Å²) in [6.07, 6.45) is 1.05. The van der Waals surface area contributed by atoms with Crippen molar-refractivity contribution in [2.75, 3.05) is 18.4 Å². The van der Waals surface area contributed by atoms with E-state index < -0.39 is 27.7 Å². The third-order valence-corrected chi connectivity index (χ3v) is 7.06.